The number of nitrogens with zero attached hydrogens (tertiary/aromatic N) is 2. The molecule has 164 valence electrons. The molecule has 0 radical (unpaired) electrons. The van der Waals surface area contributed by atoms with E-state index in [9.17, 15) is 19.6 Å². The zero-order valence-corrected chi connectivity index (χ0v) is 17.5. The summed E-state index contributed by atoms with van der Waals surface area (Å²) < 4.78 is 0.843. The van der Waals surface area contributed by atoms with E-state index in [-0.39, 0.29) is 28.6 Å². The fourth-order valence-electron chi connectivity index (χ4n) is 3.27. The second kappa shape index (κ2) is 8.80. The highest BCUT2D eigenvalue weighted by atomic mass is 16.5. The van der Waals surface area contributed by atoms with Gasteiger partial charge in [-0.2, -0.15) is 4.73 Å². The van der Waals surface area contributed by atoms with Crippen molar-refractivity contribution in [2.24, 2.45) is 0 Å². The van der Waals surface area contributed by atoms with Crippen molar-refractivity contribution < 1.29 is 24.7 Å². The predicted molar refractivity (Wildman–Crippen MR) is 123 cm³/mol. The van der Waals surface area contributed by atoms with Crippen LogP contribution in [-0.2, 0) is 4.79 Å². The van der Waals surface area contributed by atoms with Crippen LogP contribution in [-0.4, -0.2) is 37.7 Å². The van der Waals surface area contributed by atoms with E-state index in [0.29, 0.717) is 22.3 Å². The standard InChI is InChI=1S/C25H19N3O5/c1-15(29)17-5-2-16(3-6-17)4-13-23(30)26-20-10-7-18(8-11-20)24-27-21-12-9-19(25(31)32)14-22(21)28(24)33/h2-14,33H,1H3,(H,26,30)(H,31,32)/b13-4+. The van der Waals surface area contributed by atoms with Crippen molar-refractivity contribution in [3.8, 4) is 11.4 Å². The minimum Gasteiger partial charge on any atom is -0.478 e. The number of carbonyl (C=O) groups excluding carboxylic acids is 2. The Kier molecular flexibility index (Phi) is 5.73. The zero-order chi connectivity index (χ0) is 23.5. The number of nitrogens with one attached hydrogen (secondary N) is 1. The van der Waals surface area contributed by atoms with Crippen molar-refractivity contribution in [1.29, 1.82) is 0 Å². The van der Waals surface area contributed by atoms with Gasteiger partial charge in [0.15, 0.2) is 11.6 Å². The van der Waals surface area contributed by atoms with Gasteiger partial charge in [-0.05, 0) is 61.0 Å². The molecule has 0 saturated heterocycles. The lowest BCUT2D eigenvalue weighted by molar-refractivity contribution is -0.111. The normalized spacial score (nSPS) is 11.1. The lowest BCUT2D eigenvalue weighted by Crippen LogP contribution is -2.07. The van der Waals surface area contributed by atoms with E-state index in [0.717, 1.165) is 10.3 Å². The highest BCUT2D eigenvalue weighted by Crippen LogP contribution is 2.25. The van der Waals surface area contributed by atoms with Crippen LogP contribution < -0.4 is 5.32 Å². The summed E-state index contributed by atoms with van der Waals surface area (Å²) in [4.78, 5) is 39.1. The number of benzene rings is 3. The number of hydrogen-bond acceptors (Lipinski definition) is 5. The molecule has 1 heterocycles. The highest BCUT2D eigenvalue weighted by Gasteiger charge is 2.14. The van der Waals surface area contributed by atoms with Crippen LogP contribution in [0.15, 0.2) is 72.8 Å². The maximum absolute atomic E-state index is 12.2. The van der Waals surface area contributed by atoms with E-state index in [4.69, 9.17) is 5.11 Å². The van der Waals surface area contributed by atoms with Gasteiger partial charge < -0.3 is 15.6 Å². The third-order valence-corrected chi connectivity index (χ3v) is 5.03. The Labute approximate surface area is 188 Å². The Balaban J connectivity index is 1.47. The first kappa shape index (κ1) is 21.5. The van der Waals surface area contributed by atoms with Crippen molar-refractivity contribution in [3.05, 3.63) is 89.5 Å². The molecule has 0 spiro atoms. The first-order valence-electron chi connectivity index (χ1n) is 9.97. The number of aromatic nitrogens is 2. The van der Waals surface area contributed by atoms with Crippen LogP contribution in [0.1, 0.15) is 33.2 Å². The molecule has 0 atom stereocenters. The Morgan fingerprint density at radius 1 is 0.939 bits per heavy atom. The molecule has 0 saturated carbocycles. The van der Waals surface area contributed by atoms with Crippen molar-refractivity contribution in [2.75, 3.05) is 5.32 Å². The third kappa shape index (κ3) is 4.64. The summed E-state index contributed by atoms with van der Waals surface area (Å²) in [6.07, 6.45) is 3.04. The minimum absolute atomic E-state index is 0.0199. The smallest absolute Gasteiger partial charge is 0.335 e. The maximum Gasteiger partial charge on any atom is 0.335 e. The Bertz CT molecular complexity index is 1400. The van der Waals surface area contributed by atoms with Gasteiger partial charge in [-0.25, -0.2) is 9.78 Å². The van der Waals surface area contributed by atoms with Gasteiger partial charge in [-0.3, -0.25) is 9.59 Å². The number of ketones is 1. The number of anilines is 1. The monoisotopic (exact) mass is 441 g/mol. The molecule has 3 aromatic carbocycles. The second-order valence-corrected chi connectivity index (χ2v) is 7.33. The largest absolute Gasteiger partial charge is 0.478 e. The van der Waals surface area contributed by atoms with Gasteiger partial charge in [0.2, 0.25) is 5.91 Å². The average Bonchev–Trinajstić information content (AvgIpc) is 3.14. The van der Waals surface area contributed by atoms with Gasteiger partial charge in [0.05, 0.1) is 11.1 Å². The summed E-state index contributed by atoms with van der Waals surface area (Å²) in [5.41, 5.74) is 3.32. The van der Waals surface area contributed by atoms with Crippen LogP contribution >= 0.6 is 0 Å². The number of imidazole rings is 1. The van der Waals surface area contributed by atoms with Crippen molar-refractivity contribution >= 4 is 40.5 Å². The molecule has 1 aromatic heterocycles. The molecule has 1 amide bonds. The number of hydrogen-bond donors (Lipinski definition) is 3. The molecular formula is C25H19N3O5. The van der Waals surface area contributed by atoms with Gasteiger partial charge in [0.25, 0.3) is 0 Å². The molecule has 4 aromatic rings. The van der Waals surface area contributed by atoms with Crippen LogP contribution in [0.2, 0.25) is 0 Å². The van der Waals surface area contributed by atoms with Crippen molar-refractivity contribution in [2.45, 2.75) is 6.92 Å². The fourth-order valence-corrected chi connectivity index (χ4v) is 3.27. The fraction of sp³-hybridized carbons (Fsp3) is 0.0400. The van der Waals surface area contributed by atoms with Crippen LogP contribution in [0.4, 0.5) is 5.69 Å². The summed E-state index contributed by atoms with van der Waals surface area (Å²) in [7, 11) is 0. The van der Waals surface area contributed by atoms with Gasteiger partial charge in [0.1, 0.15) is 5.52 Å². The molecule has 0 aliphatic carbocycles. The number of carboxylic acid groups (broad SMARTS) is 1. The first-order chi connectivity index (χ1) is 15.8. The van der Waals surface area contributed by atoms with Gasteiger partial charge in [0, 0.05) is 22.9 Å². The topological polar surface area (TPSA) is 122 Å². The zero-order valence-electron chi connectivity index (χ0n) is 17.5. The highest BCUT2D eigenvalue weighted by molar-refractivity contribution is 6.02. The summed E-state index contributed by atoms with van der Waals surface area (Å²) in [5, 5.41) is 22.3. The van der Waals surface area contributed by atoms with Crippen LogP contribution in [0.5, 0.6) is 0 Å². The number of aromatic carboxylic acids is 1. The van der Waals surface area contributed by atoms with Gasteiger partial charge in [-0.15, -0.1) is 0 Å². The molecule has 3 N–H and O–H groups in total. The predicted octanol–water partition coefficient (Wildman–Crippen LogP) is 4.49. The summed E-state index contributed by atoms with van der Waals surface area (Å²) in [6, 6.07) is 17.9. The van der Waals surface area contributed by atoms with E-state index in [1.165, 1.54) is 31.2 Å². The van der Waals surface area contributed by atoms with Gasteiger partial charge in [-0.1, -0.05) is 24.3 Å². The van der Waals surface area contributed by atoms with Crippen LogP contribution in [0.3, 0.4) is 0 Å². The molecule has 0 unspecified atom stereocenters. The molecule has 8 heteroatoms. The van der Waals surface area contributed by atoms with Crippen LogP contribution in [0, 0.1) is 0 Å². The molecular weight excluding hydrogens is 422 g/mol. The molecule has 33 heavy (non-hydrogen) atoms. The quantitative estimate of drug-likeness (QED) is 0.230. The third-order valence-electron chi connectivity index (χ3n) is 5.03. The minimum atomic E-state index is -1.10. The number of rotatable bonds is 6. The summed E-state index contributed by atoms with van der Waals surface area (Å²) in [6.45, 7) is 1.50. The van der Waals surface area contributed by atoms with Crippen LogP contribution in [0.25, 0.3) is 28.5 Å². The summed E-state index contributed by atoms with van der Waals surface area (Å²) >= 11 is 0. The second-order valence-electron chi connectivity index (χ2n) is 7.33. The van der Waals surface area contributed by atoms with E-state index < -0.39 is 5.97 Å². The summed E-state index contributed by atoms with van der Waals surface area (Å²) in [5.74, 6) is -1.19. The Morgan fingerprint density at radius 2 is 1.61 bits per heavy atom. The molecule has 8 nitrogen and oxygen atoms in total. The first-order valence-corrected chi connectivity index (χ1v) is 9.97. The molecule has 0 fully saturated rings. The van der Waals surface area contributed by atoms with E-state index >= 15 is 0 Å². The Morgan fingerprint density at radius 3 is 2.24 bits per heavy atom. The SMILES string of the molecule is CC(=O)c1ccc(/C=C/C(=O)Nc2ccc(-c3nc4ccc(C(=O)O)cc4n3O)cc2)cc1. The number of amides is 1. The van der Waals surface area contributed by atoms with E-state index in [2.05, 4.69) is 10.3 Å². The lowest BCUT2D eigenvalue weighted by atomic mass is 10.1. The number of carboxylic acids is 1. The number of fused-ring (bicyclic) bond motifs is 1. The molecule has 0 bridgehead atoms. The van der Waals surface area contributed by atoms with Crippen molar-refractivity contribution in [1.82, 2.24) is 9.71 Å². The Hall–Kier alpha value is -4.72. The van der Waals surface area contributed by atoms with E-state index in [1.54, 1.807) is 54.6 Å². The molecule has 0 aliphatic heterocycles. The number of carbonyl (C=O) groups is 3. The average molecular weight is 441 g/mol. The number of Topliss-reactive ketones (excluding diaryl/α,β-unsaturated/α-hetero) is 1. The van der Waals surface area contributed by atoms with Gasteiger partial charge >= 0.3 is 5.97 Å². The van der Waals surface area contributed by atoms with E-state index in [1.807, 2.05) is 0 Å². The van der Waals surface area contributed by atoms with Crippen molar-refractivity contribution in [3.63, 3.8) is 0 Å². The molecule has 0 aliphatic rings. The lowest BCUT2D eigenvalue weighted by Gasteiger charge is -2.05. The molecule has 4 rings (SSSR count). The maximum atomic E-state index is 12.2.